The molecule has 0 bridgehead atoms. The first kappa shape index (κ1) is 17.3. The van der Waals surface area contributed by atoms with Crippen molar-refractivity contribution in [3.05, 3.63) is 49.1 Å². The molecule has 0 spiro atoms. The van der Waals surface area contributed by atoms with Crippen LogP contribution >= 0.6 is 45.2 Å². The summed E-state index contributed by atoms with van der Waals surface area (Å²) >= 11 is 3.90. The third-order valence-electron chi connectivity index (χ3n) is 2.76. The second-order valence-corrected chi connectivity index (χ2v) is 8.26. The Hall–Kier alpha value is -1.08. The minimum absolute atomic E-state index is 0.0110. The average molecular weight is 544 g/mol. The zero-order chi connectivity index (χ0) is 16.5. The van der Waals surface area contributed by atoms with Crippen LogP contribution in [0.2, 0.25) is 0 Å². The highest BCUT2D eigenvalue weighted by atomic mass is 127. The van der Waals surface area contributed by atoms with E-state index in [1.165, 1.54) is 30.3 Å². The van der Waals surface area contributed by atoms with E-state index < -0.39 is 16.0 Å². The first-order valence-electron chi connectivity index (χ1n) is 5.82. The highest BCUT2D eigenvalue weighted by Gasteiger charge is 2.20. The normalized spacial score (nSPS) is 11.2. The van der Waals surface area contributed by atoms with Crippen LogP contribution in [0.25, 0.3) is 0 Å². The Balaban J connectivity index is 2.47. The number of nitrogen functional groups attached to an aromatic ring is 1. The largest absolute Gasteiger partial charge is 0.478 e. The van der Waals surface area contributed by atoms with Crippen LogP contribution in [0.15, 0.2) is 41.3 Å². The van der Waals surface area contributed by atoms with Gasteiger partial charge in [-0.05, 0) is 69.4 Å². The number of hydrogen-bond donors (Lipinski definition) is 3. The minimum atomic E-state index is -3.91. The summed E-state index contributed by atoms with van der Waals surface area (Å²) in [7, 11) is -3.91. The number of hydrogen-bond acceptors (Lipinski definition) is 4. The van der Waals surface area contributed by atoms with Crippen LogP contribution in [0.5, 0.6) is 0 Å². The molecule has 0 aliphatic heterocycles. The maximum absolute atomic E-state index is 12.4. The molecule has 0 aliphatic carbocycles. The molecule has 2 rings (SSSR count). The summed E-state index contributed by atoms with van der Waals surface area (Å²) in [6.07, 6.45) is 0. The standard InChI is InChI=1S/C13H10I2N2O4S/c14-9-5-7(6-10(15)12(9)16)22(20,21)17-11-4-2-1-3-8(11)13(18)19/h1-6,17H,16H2,(H,18,19). The molecule has 0 saturated heterocycles. The van der Waals surface area contributed by atoms with Crippen molar-refractivity contribution in [1.29, 1.82) is 0 Å². The van der Waals surface area contributed by atoms with Gasteiger partial charge >= 0.3 is 5.97 Å². The van der Waals surface area contributed by atoms with Crippen molar-refractivity contribution in [2.75, 3.05) is 10.5 Å². The molecule has 0 heterocycles. The summed E-state index contributed by atoms with van der Waals surface area (Å²) in [6, 6.07) is 8.68. The second kappa shape index (κ2) is 6.58. The average Bonchev–Trinajstić information content (AvgIpc) is 2.44. The first-order chi connectivity index (χ1) is 10.2. The fourth-order valence-electron chi connectivity index (χ4n) is 1.68. The van der Waals surface area contributed by atoms with Crippen molar-refractivity contribution in [2.45, 2.75) is 4.90 Å². The Bertz CT molecular complexity index is 830. The van der Waals surface area contributed by atoms with Crippen LogP contribution < -0.4 is 10.5 Å². The molecule has 2 aromatic carbocycles. The summed E-state index contributed by atoms with van der Waals surface area (Å²) in [5.41, 5.74) is 6.20. The molecule has 22 heavy (non-hydrogen) atoms. The number of halogens is 2. The summed E-state index contributed by atoms with van der Waals surface area (Å²) in [5, 5.41) is 9.10. The first-order valence-corrected chi connectivity index (χ1v) is 9.46. The molecule has 0 amide bonds. The van der Waals surface area contributed by atoms with Gasteiger partial charge in [0, 0.05) is 7.14 Å². The highest BCUT2D eigenvalue weighted by Crippen LogP contribution is 2.27. The number of para-hydroxylation sites is 1. The maximum atomic E-state index is 12.4. The van der Waals surface area contributed by atoms with Gasteiger partial charge in [0.25, 0.3) is 10.0 Å². The molecule has 0 aliphatic rings. The van der Waals surface area contributed by atoms with Gasteiger partial charge < -0.3 is 10.8 Å². The number of carboxylic acids is 1. The van der Waals surface area contributed by atoms with Gasteiger partial charge in [-0.2, -0.15) is 0 Å². The van der Waals surface area contributed by atoms with Crippen LogP contribution in [-0.2, 0) is 10.0 Å². The fourth-order valence-corrected chi connectivity index (χ4v) is 5.00. The number of carbonyl (C=O) groups is 1. The van der Waals surface area contributed by atoms with Crippen molar-refractivity contribution in [3.63, 3.8) is 0 Å². The van der Waals surface area contributed by atoms with Gasteiger partial charge in [0.1, 0.15) is 0 Å². The number of nitrogens with one attached hydrogen (secondary N) is 1. The van der Waals surface area contributed by atoms with Gasteiger partial charge in [0.15, 0.2) is 0 Å². The molecule has 0 unspecified atom stereocenters. The second-order valence-electron chi connectivity index (χ2n) is 4.26. The van der Waals surface area contributed by atoms with E-state index in [0.717, 1.165) is 0 Å². The van der Waals surface area contributed by atoms with Gasteiger partial charge in [-0.3, -0.25) is 4.72 Å². The number of aromatic carboxylic acids is 1. The minimum Gasteiger partial charge on any atom is -0.478 e. The quantitative estimate of drug-likeness (QED) is 0.406. The lowest BCUT2D eigenvalue weighted by Gasteiger charge is -2.12. The van der Waals surface area contributed by atoms with Crippen LogP contribution in [0.3, 0.4) is 0 Å². The third-order valence-corrected chi connectivity index (χ3v) is 5.89. The molecule has 116 valence electrons. The Morgan fingerprint density at radius 2 is 1.68 bits per heavy atom. The van der Waals surface area contributed by atoms with Crippen LogP contribution in [0.4, 0.5) is 11.4 Å². The number of carboxylic acid groups (broad SMARTS) is 1. The third kappa shape index (κ3) is 3.63. The Morgan fingerprint density at radius 3 is 2.23 bits per heavy atom. The molecule has 0 saturated carbocycles. The van der Waals surface area contributed by atoms with Gasteiger partial charge in [0.05, 0.1) is 21.8 Å². The van der Waals surface area contributed by atoms with Gasteiger partial charge in [-0.1, -0.05) is 12.1 Å². The van der Waals surface area contributed by atoms with Gasteiger partial charge in [-0.15, -0.1) is 0 Å². The van der Waals surface area contributed by atoms with Crippen molar-refractivity contribution >= 4 is 72.5 Å². The molecule has 9 heteroatoms. The number of nitrogens with two attached hydrogens (primary N) is 1. The van der Waals surface area contributed by atoms with Crippen molar-refractivity contribution < 1.29 is 18.3 Å². The van der Waals surface area contributed by atoms with Crippen LogP contribution in [-0.4, -0.2) is 19.5 Å². The Morgan fingerprint density at radius 1 is 1.14 bits per heavy atom. The van der Waals surface area contributed by atoms with E-state index in [0.29, 0.717) is 12.8 Å². The van der Waals surface area contributed by atoms with E-state index >= 15 is 0 Å². The smallest absolute Gasteiger partial charge is 0.337 e. The molecule has 0 aromatic heterocycles. The number of rotatable bonds is 4. The summed E-state index contributed by atoms with van der Waals surface area (Å²) in [6.45, 7) is 0. The summed E-state index contributed by atoms with van der Waals surface area (Å²) < 4.78 is 28.4. The van der Waals surface area contributed by atoms with Crippen molar-refractivity contribution in [3.8, 4) is 0 Å². The van der Waals surface area contributed by atoms with Crippen LogP contribution in [0, 0.1) is 7.14 Å². The topological polar surface area (TPSA) is 109 Å². The van der Waals surface area contributed by atoms with Gasteiger partial charge in [0.2, 0.25) is 0 Å². The van der Waals surface area contributed by atoms with E-state index in [9.17, 15) is 13.2 Å². The zero-order valence-corrected chi connectivity index (χ0v) is 16.0. The van der Waals surface area contributed by atoms with Crippen molar-refractivity contribution in [2.24, 2.45) is 0 Å². The zero-order valence-electron chi connectivity index (χ0n) is 10.9. The molecule has 4 N–H and O–H groups in total. The Kier molecular flexibility index (Phi) is 5.17. The SMILES string of the molecule is Nc1c(I)cc(S(=O)(=O)Nc2ccccc2C(=O)O)cc1I. The van der Waals surface area contributed by atoms with Crippen molar-refractivity contribution in [1.82, 2.24) is 0 Å². The highest BCUT2D eigenvalue weighted by molar-refractivity contribution is 14.1. The van der Waals surface area contributed by atoms with E-state index in [4.69, 9.17) is 10.8 Å². The molecule has 0 fully saturated rings. The molecule has 2 aromatic rings. The fraction of sp³-hybridized carbons (Fsp3) is 0. The summed E-state index contributed by atoms with van der Waals surface area (Å²) in [4.78, 5) is 11.2. The number of benzene rings is 2. The van der Waals surface area contributed by atoms with E-state index in [1.807, 2.05) is 45.2 Å². The number of anilines is 2. The van der Waals surface area contributed by atoms with E-state index in [-0.39, 0.29) is 16.1 Å². The lowest BCUT2D eigenvalue weighted by Crippen LogP contribution is -2.16. The van der Waals surface area contributed by atoms with Gasteiger partial charge in [-0.25, -0.2) is 13.2 Å². The monoisotopic (exact) mass is 544 g/mol. The van der Waals surface area contributed by atoms with E-state index in [1.54, 1.807) is 6.07 Å². The predicted molar refractivity (Wildman–Crippen MR) is 100 cm³/mol. The lowest BCUT2D eigenvalue weighted by molar-refractivity contribution is 0.0698. The lowest BCUT2D eigenvalue weighted by atomic mass is 10.2. The van der Waals surface area contributed by atoms with E-state index in [2.05, 4.69) is 4.72 Å². The molecule has 0 radical (unpaired) electrons. The predicted octanol–water partition coefficient (Wildman–Crippen LogP) is 2.98. The molecule has 0 atom stereocenters. The summed E-state index contributed by atoms with van der Waals surface area (Å²) in [5.74, 6) is -1.21. The number of sulfonamides is 1. The Labute approximate surface area is 154 Å². The maximum Gasteiger partial charge on any atom is 0.337 e. The molecule has 6 nitrogen and oxygen atoms in total. The molecular formula is C13H10I2N2O4S. The molecular weight excluding hydrogens is 534 g/mol. The van der Waals surface area contributed by atoms with Crippen LogP contribution in [0.1, 0.15) is 10.4 Å².